The largest absolute Gasteiger partial charge is 0.391 e. The third-order valence-electron chi connectivity index (χ3n) is 4.54. The fourth-order valence-electron chi connectivity index (χ4n) is 3.26. The van der Waals surface area contributed by atoms with Gasteiger partial charge in [0.05, 0.1) is 17.8 Å². The predicted molar refractivity (Wildman–Crippen MR) is 87.6 cm³/mol. The average molecular weight is 335 g/mol. The van der Waals surface area contributed by atoms with E-state index in [1.54, 1.807) is 6.08 Å². The molecule has 1 fully saturated rings. The predicted octanol–water partition coefficient (Wildman–Crippen LogP) is 2.54. The number of β-amino-alcohol motifs (C(OH)–C–C–N with tert-alkyl or cyclic N) is 1. The maximum Gasteiger partial charge on any atom is 0.135 e. The highest BCUT2D eigenvalue weighted by Crippen LogP contribution is 2.29. The Kier molecular flexibility index (Phi) is 4.99. The molecule has 1 aromatic carbocycles. The normalized spacial score (nSPS) is 23.7. The van der Waals surface area contributed by atoms with E-state index in [1.165, 1.54) is 6.07 Å². The number of aliphatic hydroxyl groups is 1. The molecule has 6 nitrogen and oxygen atoms in total. The van der Waals surface area contributed by atoms with E-state index >= 15 is 0 Å². The van der Waals surface area contributed by atoms with Crippen molar-refractivity contribution in [3.05, 3.63) is 45.8 Å². The number of rotatable bonds is 4. The number of nitrogens with zero attached hydrogens (tertiary/aromatic N) is 5. The van der Waals surface area contributed by atoms with Crippen molar-refractivity contribution in [1.29, 1.82) is 0 Å². The molecular formula is C16H19F2N5O. The molecule has 2 aliphatic rings. The molecule has 3 rings (SSSR count). The van der Waals surface area contributed by atoms with Gasteiger partial charge < -0.3 is 10.0 Å². The number of aliphatic hydroxyl groups excluding tert-OH is 1. The molecule has 0 radical (unpaired) electrons. The minimum atomic E-state index is -0.682. The topological polar surface area (TPSA) is 75.5 Å². The number of likely N-dealkylation sites (tertiary alicyclic amines) is 1. The second-order valence-electron chi connectivity index (χ2n) is 6.10. The van der Waals surface area contributed by atoms with Crippen LogP contribution in [0, 0.1) is 11.6 Å². The number of piperidine rings is 1. The summed E-state index contributed by atoms with van der Waals surface area (Å²) in [6.45, 7) is 2.99. The molecule has 2 aliphatic heterocycles. The lowest BCUT2D eigenvalue weighted by molar-refractivity contribution is 0.0551. The molecule has 1 aromatic rings. The summed E-state index contributed by atoms with van der Waals surface area (Å²) in [6, 6.07) is 1.86. The van der Waals surface area contributed by atoms with E-state index in [1.807, 2.05) is 11.0 Å². The first-order chi connectivity index (χ1) is 11.6. The Morgan fingerprint density at radius 2 is 2.17 bits per heavy atom. The van der Waals surface area contributed by atoms with Crippen molar-refractivity contribution in [3.8, 4) is 0 Å². The van der Waals surface area contributed by atoms with Crippen LogP contribution in [-0.4, -0.2) is 54.9 Å². The zero-order chi connectivity index (χ0) is 17.1. The van der Waals surface area contributed by atoms with E-state index in [0.717, 1.165) is 12.6 Å². The van der Waals surface area contributed by atoms with E-state index in [0.29, 0.717) is 43.9 Å². The van der Waals surface area contributed by atoms with Gasteiger partial charge in [-0.25, -0.2) is 8.78 Å². The number of benzene rings is 1. The Morgan fingerprint density at radius 3 is 2.92 bits per heavy atom. The second-order valence-corrected chi connectivity index (χ2v) is 6.10. The first-order valence-electron chi connectivity index (χ1n) is 7.93. The lowest BCUT2D eigenvalue weighted by Crippen LogP contribution is -2.48. The fourth-order valence-corrected chi connectivity index (χ4v) is 3.26. The van der Waals surface area contributed by atoms with Gasteiger partial charge in [-0.3, -0.25) is 4.90 Å². The van der Waals surface area contributed by atoms with Crippen LogP contribution in [0.2, 0.25) is 0 Å². The molecule has 0 spiro atoms. The Hall–Kier alpha value is -2.15. The summed E-state index contributed by atoms with van der Waals surface area (Å²) in [7, 11) is 0. The average Bonchev–Trinajstić information content (AvgIpc) is 2.55. The van der Waals surface area contributed by atoms with Crippen molar-refractivity contribution < 1.29 is 13.9 Å². The molecule has 1 N–H and O–H groups in total. The summed E-state index contributed by atoms with van der Waals surface area (Å²) in [5.74, 6) is -1.14. The van der Waals surface area contributed by atoms with Crippen LogP contribution < -0.4 is 4.90 Å². The highest BCUT2D eigenvalue weighted by atomic mass is 19.1. The molecule has 1 saturated heterocycles. The summed E-state index contributed by atoms with van der Waals surface area (Å²) in [6.07, 6.45) is 3.45. The van der Waals surface area contributed by atoms with Crippen molar-refractivity contribution >= 4 is 11.8 Å². The van der Waals surface area contributed by atoms with Crippen LogP contribution in [0.4, 0.5) is 14.5 Å². The quantitative estimate of drug-likeness (QED) is 0.522. The molecule has 0 amide bonds. The van der Waals surface area contributed by atoms with E-state index in [4.69, 9.17) is 5.53 Å². The molecule has 0 saturated carbocycles. The zero-order valence-electron chi connectivity index (χ0n) is 13.1. The monoisotopic (exact) mass is 335 g/mol. The maximum atomic E-state index is 13.9. The van der Waals surface area contributed by atoms with E-state index < -0.39 is 17.7 Å². The molecule has 24 heavy (non-hydrogen) atoms. The zero-order valence-corrected chi connectivity index (χ0v) is 13.1. The van der Waals surface area contributed by atoms with Crippen LogP contribution in [0.3, 0.4) is 0 Å². The summed E-state index contributed by atoms with van der Waals surface area (Å²) in [5, 5.41) is 13.6. The highest BCUT2D eigenvalue weighted by Gasteiger charge is 2.27. The Bertz CT molecular complexity index is 689. The van der Waals surface area contributed by atoms with Gasteiger partial charge in [0.25, 0.3) is 0 Å². The van der Waals surface area contributed by atoms with Crippen molar-refractivity contribution in [3.63, 3.8) is 0 Å². The molecule has 0 aromatic heterocycles. The molecule has 8 heteroatoms. The minimum Gasteiger partial charge on any atom is -0.391 e. The number of fused-ring (bicyclic) bond motifs is 1. The lowest BCUT2D eigenvalue weighted by atomic mass is 10.0. The van der Waals surface area contributed by atoms with Crippen molar-refractivity contribution in [2.75, 3.05) is 37.6 Å². The van der Waals surface area contributed by atoms with Crippen molar-refractivity contribution in [1.82, 2.24) is 4.90 Å². The standard InChI is InChI=1S/C16H19F2N5O/c17-11-8-13(18)12-2-1-4-23(15(12)9-11)7-6-22-5-3-14(20-21-19)16(24)10-22/h1-2,8-9,14,16,24H,3-7,10H2/t14-,16+/m0/s1. The van der Waals surface area contributed by atoms with Crippen LogP contribution in [0.15, 0.2) is 23.3 Å². The Balaban J connectivity index is 1.63. The fraction of sp³-hybridized carbons (Fsp3) is 0.500. The van der Waals surface area contributed by atoms with Gasteiger partial charge in [0.15, 0.2) is 0 Å². The van der Waals surface area contributed by atoms with Crippen LogP contribution >= 0.6 is 0 Å². The van der Waals surface area contributed by atoms with Gasteiger partial charge in [0.2, 0.25) is 0 Å². The third kappa shape index (κ3) is 3.51. The summed E-state index contributed by atoms with van der Waals surface area (Å²) in [4.78, 5) is 6.75. The smallest absolute Gasteiger partial charge is 0.135 e. The van der Waals surface area contributed by atoms with E-state index in [-0.39, 0.29) is 6.04 Å². The van der Waals surface area contributed by atoms with Gasteiger partial charge >= 0.3 is 0 Å². The first kappa shape index (κ1) is 16.7. The number of hydrogen-bond donors (Lipinski definition) is 1. The Labute approximate surface area is 138 Å². The molecule has 0 aliphatic carbocycles. The maximum absolute atomic E-state index is 13.9. The minimum absolute atomic E-state index is 0.381. The molecule has 2 heterocycles. The third-order valence-corrected chi connectivity index (χ3v) is 4.54. The number of hydrogen-bond acceptors (Lipinski definition) is 4. The summed E-state index contributed by atoms with van der Waals surface area (Å²) >= 11 is 0. The van der Waals surface area contributed by atoms with Crippen LogP contribution in [0.5, 0.6) is 0 Å². The van der Waals surface area contributed by atoms with Gasteiger partial charge in [-0.1, -0.05) is 17.3 Å². The highest BCUT2D eigenvalue weighted by molar-refractivity contribution is 5.71. The van der Waals surface area contributed by atoms with Crippen LogP contribution in [0.1, 0.15) is 12.0 Å². The van der Waals surface area contributed by atoms with Gasteiger partial charge in [0.1, 0.15) is 11.6 Å². The van der Waals surface area contributed by atoms with E-state index in [9.17, 15) is 13.9 Å². The molecule has 2 atom stereocenters. The number of azide groups is 1. The molecule has 128 valence electrons. The molecular weight excluding hydrogens is 316 g/mol. The lowest BCUT2D eigenvalue weighted by Gasteiger charge is -2.36. The van der Waals surface area contributed by atoms with Crippen LogP contribution in [0.25, 0.3) is 16.5 Å². The SMILES string of the molecule is [N-]=[N+]=N[C@H]1CCN(CCN2CC=Cc3c(F)cc(F)cc32)C[C@H]1O. The van der Waals surface area contributed by atoms with Gasteiger partial charge in [-0.05, 0) is 24.6 Å². The molecule has 0 bridgehead atoms. The second kappa shape index (κ2) is 7.17. The van der Waals surface area contributed by atoms with E-state index in [2.05, 4.69) is 14.9 Å². The van der Waals surface area contributed by atoms with Crippen molar-refractivity contribution in [2.45, 2.75) is 18.6 Å². The summed E-state index contributed by atoms with van der Waals surface area (Å²) in [5.41, 5.74) is 9.44. The summed E-state index contributed by atoms with van der Waals surface area (Å²) < 4.78 is 27.4. The first-order valence-corrected chi connectivity index (χ1v) is 7.93. The van der Waals surface area contributed by atoms with Gasteiger partial charge in [0, 0.05) is 42.7 Å². The van der Waals surface area contributed by atoms with Gasteiger partial charge in [-0.15, -0.1) is 0 Å². The Morgan fingerprint density at radius 1 is 1.33 bits per heavy atom. The number of halogens is 2. The van der Waals surface area contributed by atoms with Crippen molar-refractivity contribution in [2.24, 2.45) is 5.11 Å². The van der Waals surface area contributed by atoms with Crippen LogP contribution in [-0.2, 0) is 0 Å². The van der Waals surface area contributed by atoms with Gasteiger partial charge in [-0.2, -0.15) is 0 Å². The number of anilines is 1. The molecule has 0 unspecified atom stereocenters.